The molecule has 0 aromatic heterocycles. The second-order valence-corrected chi connectivity index (χ2v) is 20.6. The van der Waals surface area contributed by atoms with Gasteiger partial charge in [0.25, 0.3) is 17.0 Å². The molecule has 0 amide bonds. The van der Waals surface area contributed by atoms with Gasteiger partial charge in [0.05, 0.1) is 0 Å². The standard InChI is InChI=1S/C12H27N3OSi4/c1-9-17(5)13-18(6,10-2)15-20(8,12-4)16-19(7,11-3)14-17/h9-15H,1-4H2,5-8H3. The molecular weight excluding hydrogens is 314 g/mol. The molecule has 0 bridgehead atoms. The van der Waals surface area contributed by atoms with Crippen LogP contribution in [-0.4, -0.2) is 33.8 Å². The monoisotopic (exact) mass is 341 g/mol. The van der Waals surface area contributed by atoms with Gasteiger partial charge in [-0.05, 0) is 26.2 Å². The van der Waals surface area contributed by atoms with Crippen LogP contribution in [0.3, 0.4) is 0 Å². The number of rotatable bonds is 4. The van der Waals surface area contributed by atoms with E-state index in [0.717, 1.165) is 0 Å². The van der Waals surface area contributed by atoms with Crippen LogP contribution in [0.15, 0.2) is 49.1 Å². The predicted molar refractivity (Wildman–Crippen MR) is 97.8 cm³/mol. The van der Waals surface area contributed by atoms with Crippen molar-refractivity contribution in [2.24, 2.45) is 0 Å². The maximum Gasteiger partial charge on any atom is 0.276 e. The Balaban J connectivity index is 3.31. The van der Waals surface area contributed by atoms with E-state index in [1.54, 1.807) is 0 Å². The van der Waals surface area contributed by atoms with Crippen molar-refractivity contribution in [3.63, 3.8) is 0 Å². The van der Waals surface area contributed by atoms with Crippen molar-refractivity contribution in [1.82, 2.24) is 13.9 Å². The maximum atomic E-state index is 6.51. The summed E-state index contributed by atoms with van der Waals surface area (Å²) in [6, 6.07) is 0. The first-order chi connectivity index (χ1) is 9.07. The predicted octanol–water partition coefficient (Wildman–Crippen LogP) is 1.97. The summed E-state index contributed by atoms with van der Waals surface area (Å²) in [5.74, 6) is 0. The molecule has 1 aliphatic rings. The van der Waals surface area contributed by atoms with E-state index in [4.69, 9.17) is 4.12 Å². The number of nitrogens with one attached hydrogen (secondary N) is 3. The van der Waals surface area contributed by atoms with Gasteiger partial charge in [0.1, 0.15) is 0 Å². The van der Waals surface area contributed by atoms with Crippen molar-refractivity contribution in [3.05, 3.63) is 49.1 Å². The van der Waals surface area contributed by atoms with Crippen LogP contribution >= 0.6 is 0 Å². The minimum absolute atomic E-state index is 1.94. The average molecular weight is 342 g/mol. The molecule has 1 aliphatic heterocycles. The van der Waals surface area contributed by atoms with Gasteiger partial charge < -0.3 is 18.1 Å². The fourth-order valence-electron chi connectivity index (χ4n) is 2.51. The van der Waals surface area contributed by atoms with E-state index < -0.39 is 33.8 Å². The Hall–Kier alpha value is -0.332. The van der Waals surface area contributed by atoms with Gasteiger partial charge in [-0.1, -0.05) is 22.8 Å². The first kappa shape index (κ1) is 17.7. The molecule has 112 valence electrons. The first-order valence-electron chi connectivity index (χ1n) is 6.70. The highest BCUT2D eigenvalue weighted by Crippen LogP contribution is 2.20. The molecule has 8 heteroatoms. The van der Waals surface area contributed by atoms with E-state index in [2.05, 4.69) is 66.4 Å². The molecule has 1 fully saturated rings. The van der Waals surface area contributed by atoms with Gasteiger partial charge in [0, 0.05) is 0 Å². The highest BCUT2D eigenvalue weighted by molar-refractivity contribution is 7.07. The van der Waals surface area contributed by atoms with Crippen LogP contribution in [0.25, 0.3) is 0 Å². The van der Waals surface area contributed by atoms with E-state index in [1.807, 2.05) is 22.8 Å². The molecule has 4 atom stereocenters. The van der Waals surface area contributed by atoms with Gasteiger partial charge >= 0.3 is 0 Å². The molecule has 0 saturated carbocycles. The molecule has 3 N–H and O–H groups in total. The van der Waals surface area contributed by atoms with Crippen LogP contribution in [-0.2, 0) is 4.12 Å². The van der Waals surface area contributed by atoms with Gasteiger partial charge in [0.15, 0.2) is 0 Å². The third kappa shape index (κ3) is 3.86. The van der Waals surface area contributed by atoms with Crippen molar-refractivity contribution >= 4 is 33.8 Å². The SMILES string of the molecule is C=C[Si]1(C)N[Si](C)(C=C)N[Si](C)(C=C)O[Si](C)(C=C)N1. The Morgan fingerprint density at radius 2 is 1.00 bits per heavy atom. The Kier molecular flexibility index (Phi) is 5.15. The molecule has 0 aromatic rings. The third-order valence-corrected chi connectivity index (χ3v) is 22.4. The lowest BCUT2D eigenvalue weighted by molar-refractivity contribution is 0.537. The van der Waals surface area contributed by atoms with Crippen LogP contribution < -0.4 is 13.9 Å². The minimum Gasteiger partial charge on any atom is -0.427 e. The van der Waals surface area contributed by atoms with Crippen molar-refractivity contribution in [3.8, 4) is 0 Å². The summed E-state index contributed by atoms with van der Waals surface area (Å²) in [6.07, 6.45) is 0. The van der Waals surface area contributed by atoms with Gasteiger partial charge in [-0.25, -0.2) is 0 Å². The van der Waals surface area contributed by atoms with Crippen LogP contribution in [0.5, 0.6) is 0 Å². The summed E-state index contributed by atoms with van der Waals surface area (Å²) >= 11 is 0. The second-order valence-electron chi connectivity index (χ2n) is 5.91. The van der Waals surface area contributed by atoms with Gasteiger partial charge in [-0.15, -0.1) is 26.3 Å². The lowest BCUT2D eigenvalue weighted by atomic mass is 11.3. The molecule has 0 spiro atoms. The molecule has 20 heavy (non-hydrogen) atoms. The normalized spacial score (nSPS) is 45.8. The Labute approximate surface area is 127 Å². The number of hydrogen-bond acceptors (Lipinski definition) is 4. The average Bonchev–Trinajstić information content (AvgIpc) is 2.36. The lowest BCUT2D eigenvalue weighted by Gasteiger charge is -2.49. The molecule has 1 rings (SSSR count). The molecule has 1 saturated heterocycles. The molecule has 0 radical (unpaired) electrons. The van der Waals surface area contributed by atoms with E-state index in [9.17, 15) is 0 Å². The van der Waals surface area contributed by atoms with Crippen molar-refractivity contribution in [2.75, 3.05) is 0 Å². The summed E-state index contributed by atoms with van der Waals surface area (Å²) in [4.78, 5) is 0. The van der Waals surface area contributed by atoms with E-state index in [0.29, 0.717) is 0 Å². The quantitative estimate of drug-likeness (QED) is 0.684. The zero-order valence-electron chi connectivity index (χ0n) is 13.0. The van der Waals surface area contributed by atoms with Gasteiger partial charge in [0.2, 0.25) is 16.8 Å². The molecule has 0 aromatic carbocycles. The molecule has 4 nitrogen and oxygen atoms in total. The molecule has 4 unspecified atom stereocenters. The smallest absolute Gasteiger partial charge is 0.276 e. The highest BCUT2D eigenvalue weighted by atomic mass is 28.5. The van der Waals surface area contributed by atoms with Crippen LogP contribution in [0.2, 0.25) is 26.2 Å². The van der Waals surface area contributed by atoms with E-state index in [-0.39, 0.29) is 0 Å². The topological polar surface area (TPSA) is 45.3 Å². The van der Waals surface area contributed by atoms with E-state index in [1.165, 1.54) is 0 Å². The second kappa shape index (κ2) is 5.81. The molecule has 1 heterocycles. The Morgan fingerprint density at radius 3 is 1.25 bits per heavy atom. The maximum absolute atomic E-state index is 6.51. The third-order valence-electron chi connectivity index (χ3n) is 3.55. The largest absolute Gasteiger partial charge is 0.427 e. The zero-order chi connectivity index (χ0) is 15.7. The highest BCUT2D eigenvalue weighted by Gasteiger charge is 2.49. The summed E-state index contributed by atoms with van der Waals surface area (Å²) in [5, 5.41) is 0. The summed E-state index contributed by atoms with van der Waals surface area (Å²) in [7, 11) is -8.52. The van der Waals surface area contributed by atoms with Gasteiger partial charge in [-0.3, -0.25) is 0 Å². The van der Waals surface area contributed by atoms with Crippen molar-refractivity contribution in [1.29, 1.82) is 0 Å². The summed E-state index contributed by atoms with van der Waals surface area (Å²) in [6.45, 7) is 24.6. The van der Waals surface area contributed by atoms with E-state index >= 15 is 0 Å². The Morgan fingerprint density at radius 1 is 0.650 bits per heavy atom. The number of hydrogen-bond donors (Lipinski definition) is 3. The Bertz CT molecular complexity index is 352. The fraction of sp³-hybridized carbons (Fsp3) is 0.333. The lowest BCUT2D eigenvalue weighted by Crippen LogP contribution is -2.84. The first-order valence-corrected chi connectivity index (χ1v) is 16.8. The molecular formula is C12H27N3OSi4. The van der Waals surface area contributed by atoms with Crippen LogP contribution in [0.4, 0.5) is 0 Å². The van der Waals surface area contributed by atoms with Crippen LogP contribution in [0, 0.1) is 0 Å². The minimum atomic E-state index is -2.22. The zero-order valence-corrected chi connectivity index (χ0v) is 17.0. The van der Waals surface area contributed by atoms with Gasteiger partial charge in [-0.2, -0.15) is 0 Å². The molecule has 0 aliphatic carbocycles. The summed E-state index contributed by atoms with van der Waals surface area (Å²) in [5.41, 5.74) is 7.91. The van der Waals surface area contributed by atoms with Crippen molar-refractivity contribution in [2.45, 2.75) is 26.2 Å². The van der Waals surface area contributed by atoms with Crippen molar-refractivity contribution < 1.29 is 4.12 Å². The fourth-order valence-corrected chi connectivity index (χ4v) is 24.7. The van der Waals surface area contributed by atoms with Crippen LogP contribution in [0.1, 0.15) is 0 Å². The summed E-state index contributed by atoms with van der Waals surface area (Å²) < 4.78 is 17.8.